The van der Waals surface area contributed by atoms with Gasteiger partial charge < -0.3 is 9.47 Å². The second kappa shape index (κ2) is 7.75. The van der Waals surface area contributed by atoms with Crippen molar-refractivity contribution < 1.29 is 14.4 Å². The number of para-hydroxylation sites is 3. The Bertz CT molecular complexity index is 1090. The fourth-order valence-corrected chi connectivity index (χ4v) is 3.44. The Morgan fingerprint density at radius 1 is 1.14 bits per heavy atom. The van der Waals surface area contributed by atoms with E-state index in [-0.39, 0.29) is 24.8 Å². The van der Waals surface area contributed by atoms with Crippen LogP contribution in [-0.2, 0) is 11.3 Å². The van der Waals surface area contributed by atoms with Gasteiger partial charge in [-0.2, -0.15) is 0 Å². The van der Waals surface area contributed by atoms with Crippen LogP contribution in [0.5, 0.6) is 0 Å². The summed E-state index contributed by atoms with van der Waals surface area (Å²) in [4.78, 5) is 44.2. The summed E-state index contributed by atoms with van der Waals surface area (Å²) in [5.74, 6) is -0.491. The highest BCUT2D eigenvalue weighted by atomic mass is 16.2. The zero-order valence-corrected chi connectivity index (χ0v) is 16.0. The van der Waals surface area contributed by atoms with E-state index in [0.29, 0.717) is 24.3 Å². The SMILES string of the molecule is CN(CCn1cnc2ccccc21)C(=O)c1ccccc1N1CCC(=O)NC1=O. The maximum absolute atomic E-state index is 13.1. The number of urea groups is 1. The number of carbonyl (C=O) groups is 3. The highest BCUT2D eigenvalue weighted by Crippen LogP contribution is 2.23. The van der Waals surface area contributed by atoms with Crippen molar-refractivity contribution in [1.82, 2.24) is 19.8 Å². The molecule has 8 heteroatoms. The first-order chi connectivity index (χ1) is 14.0. The Hall–Kier alpha value is -3.68. The van der Waals surface area contributed by atoms with Gasteiger partial charge in [-0.25, -0.2) is 9.78 Å². The molecular weight excluding hydrogens is 370 g/mol. The number of benzene rings is 2. The third-order valence-electron chi connectivity index (χ3n) is 5.03. The molecule has 0 saturated carbocycles. The van der Waals surface area contributed by atoms with Crippen molar-refractivity contribution in [3.8, 4) is 0 Å². The molecule has 1 aliphatic heterocycles. The molecule has 0 atom stereocenters. The number of hydrogen-bond donors (Lipinski definition) is 1. The predicted molar refractivity (Wildman–Crippen MR) is 109 cm³/mol. The second-order valence-electron chi connectivity index (χ2n) is 6.93. The molecular formula is C21H21N5O3. The van der Waals surface area contributed by atoms with Gasteiger partial charge in [0.1, 0.15) is 0 Å². The first kappa shape index (κ1) is 18.7. The van der Waals surface area contributed by atoms with Crippen molar-refractivity contribution in [2.24, 2.45) is 0 Å². The average molecular weight is 391 g/mol. The molecule has 0 unspecified atom stereocenters. The third kappa shape index (κ3) is 3.69. The van der Waals surface area contributed by atoms with E-state index in [1.165, 1.54) is 4.90 Å². The van der Waals surface area contributed by atoms with Gasteiger partial charge in [-0.05, 0) is 24.3 Å². The van der Waals surface area contributed by atoms with E-state index >= 15 is 0 Å². The number of likely N-dealkylation sites (N-methyl/N-ethyl adjacent to an activating group) is 1. The zero-order chi connectivity index (χ0) is 20.4. The standard InChI is InChI=1S/C21H21N5O3/c1-24(12-13-25-14-22-16-7-3-5-9-18(16)25)20(28)15-6-2-4-8-17(15)26-11-10-19(27)23-21(26)29/h2-9,14H,10-13H2,1H3,(H,23,27,29). The van der Waals surface area contributed by atoms with Gasteiger partial charge in [-0.15, -0.1) is 0 Å². The molecule has 2 aromatic carbocycles. The fraction of sp³-hybridized carbons (Fsp3) is 0.238. The summed E-state index contributed by atoms with van der Waals surface area (Å²) >= 11 is 0. The Labute approximate surface area is 167 Å². The quantitative estimate of drug-likeness (QED) is 0.723. The number of fused-ring (bicyclic) bond motifs is 1. The summed E-state index contributed by atoms with van der Waals surface area (Å²) in [6.07, 6.45) is 1.98. The number of aromatic nitrogens is 2. The lowest BCUT2D eigenvalue weighted by atomic mass is 10.1. The molecule has 0 radical (unpaired) electrons. The van der Waals surface area contributed by atoms with Crippen molar-refractivity contribution in [3.63, 3.8) is 0 Å². The van der Waals surface area contributed by atoms with Crippen LogP contribution >= 0.6 is 0 Å². The zero-order valence-electron chi connectivity index (χ0n) is 16.0. The molecule has 1 fully saturated rings. The monoisotopic (exact) mass is 391 g/mol. The van der Waals surface area contributed by atoms with Crippen LogP contribution in [0.15, 0.2) is 54.9 Å². The van der Waals surface area contributed by atoms with E-state index in [1.807, 2.05) is 28.8 Å². The Balaban J connectivity index is 1.50. The second-order valence-corrected chi connectivity index (χ2v) is 6.93. The summed E-state index contributed by atoms with van der Waals surface area (Å²) in [6.45, 7) is 1.33. The normalized spacial score (nSPS) is 14.2. The summed E-state index contributed by atoms with van der Waals surface area (Å²) < 4.78 is 2.01. The summed E-state index contributed by atoms with van der Waals surface area (Å²) in [5, 5.41) is 2.30. The minimum Gasteiger partial charge on any atom is -0.340 e. The maximum atomic E-state index is 13.1. The van der Waals surface area contributed by atoms with Gasteiger partial charge in [-0.1, -0.05) is 24.3 Å². The summed E-state index contributed by atoms with van der Waals surface area (Å²) in [7, 11) is 1.73. The Kier molecular flexibility index (Phi) is 4.99. The van der Waals surface area contributed by atoms with Crippen LogP contribution in [0.3, 0.4) is 0 Å². The molecule has 3 aromatic rings. The molecule has 4 amide bonds. The van der Waals surface area contributed by atoms with Crippen LogP contribution in [0.2, 0.25) is 0 Å². The fourth-order valence-electron chi connectivity index (χ4n) is 3.44. The van der Waals surface area contributed by atoms with E-state index < -0.39 is 6.03 Å². The lowest BCUT2D eigenvalue weighted by molar-refractivity contribution is -0.120. The van der Waals surface area contributed by atoms with Crippen LogP contribution in [0.1, 0.15) is 16.8 Å². The van der Waals surface area contributed by atoms with Crippen molar-refractivity contribution in [2.75, 3.05) is 25.0 Å². The maximum Gasteiger partial charge on any atom is 0.328 e. The average Bonchev–Trinajstić information content (AvgIpc) is 3.15. The number of nitrogens with one attached hydrogen (secondary N) is 1. The number of rotatable bonds is 5. The molecule has 29 heavy (non-hydrogen) atoms. The topological polar surface area (TPSA) is 87.5 Å². The predicted octanol–water partition coefficient (Wildman–Crippen LogP) is 2.25. The lowest BCUT2D eigenvalue weighted by Crippen LogP contribution is -2.50. The van der Waals surface area contributed by atoms with Crippen molar-refractivity contribution in [3.05, 3.63) is 60.4 Å². The first-order valence-electron chi connectivity index (χ1n) is 9.40. The lowest BCUT2D eigenvalue weighted by Gasteiger charge is -2.29. The van der Waals surface area contributed by atoms with E-state index in [1.54, 1.807) is 42.5 Å². The number of anilines is 1. The highest BCUT2D eigenvalue weighted by Gasteiger charge is 2.28. The number of hydrogen-bond acceptors (Lipinski definition) is 4. The number of amides is 4. The van der Waals surface area contributed by atoms with Crippen molar-refractivity contribution in [2.45, 2.75) is 13.0 Å². The van der Waals surface area contributed by atoms with Gasteiger partial charge in [0.25, 0.3) is 5.91 Å². The van der Waals surface area contributed by atoms with E-state index in [2.05, 4.69) is 10.3 Å². The first-order valence-corrected chi connectivity index (χ1v) is 9.40. The van der Waals surface area contributed by atoms with Crippen LogP contribution in [0, 0.1) is 0 Å². The third-order valence-corrected chi connectivity index (χ3v) is 5.03. The number of imide groups is 1. The van der Waals surface area contributed by atoms with E-state index in [0.717, 1.165) is 11.0 Å². The number of nitrogens with zero attached hydrogens (tertiary/aromatic N) is 4. The van der Waals surface area contributed by atoms with Gasteiger partial charge in [0.15, 0.2) is 0 Å². The van der Waals surface area contributed by atoms with Crippen LogP contribution in [0.4, 0.5) is 10.5 Å². The number of carbonyl (C=O) groups excluding carboxylic acids is 3. The largest absolute Gasteiger partial charge is 0.340 e. The van der Waals surface area contributed by atoms with Crippen molar-refractivity contribution in [1.29, 1.82) is 0 Å². The van der Waals surface area contributed by atoms with Gasteiger partial charge in [-0.3, -0.25) is 19.8 Å². The molecule has 0 bridgehead atoms. The van der Waals surface area contributed by atoms with Gasteiger partial charge in [0.05, 0.1) is 28.6 Å². The molecule has 1 aromatic heterocycles. The van der Waals surface area contributed by atoms with Crippen LogP contribution in [0.25, 0.3) is 11.0 Å². The summed E-state index contributed by atoms with van der Waals surface area (Å²) in [6, 6.07) is 14.3. The number of imidazole rings is 1. The molecule has 0 aliphatic carbocycles. The molecule has 148 valence electrons. The molecule has 1 saturated heterocycles. The Morgan fingerprint density at radius 2 is 1.90 bits per heavy atom. The molecule has 1 N–H and O–H groups in total. The van der Waals surface area contributed by atoms with Gasteiger partial charge in [0, 0.05) is 33.1 Å². The Morgan fingerprint density at radius 3 is 2.72 bits per heavy atom. The molecule has 0 spiro atoms. The van der Waals surface area contributed by atoms with E-state index in [4.69, 9.17) is 0 Å². The van der Waals surface area contributed by atoms with Crippen LogP contribution < -0.4 is 10.2 Å². The molecule has 2 heterocycles. The highest BCUT2D eigenvalue weighted by molar-refractivity contribution is 6.09. The molecule has 1 aliphatic rings. The van der Waals surface area contributed by atoms with E-state index in [9.17, 15) is 14.4 Å². The summed E-state index contributed by atoms with van der Waals surface area (Å²) in [5.41, 5.74) is 2.86. The minimum absolute atomic E-state index is 0.185. The van der Waals surface area contributed by atoms with Gasteiger partial charge >= 0.3 is 6.03 Å². The smallest absolute Gasteiger partial charge is 0.328 e. The molecule has 8 nitrogen and oxygen atoms in total. The van der Waals surface area contributed by atoms with Gasteiger partial charge in [0.2, 0.25) is 5.91 Å². The van der Waals surface area contributed by atoms with Crippen molar-refractivity contribution >= 4 is 34.6 Å². The molecule has 4 rings (SSSR count). The minimum atomic E-state index is -0.506. The van der Waals surface area contributed by atoms with Crippen LogP contribution in [-0.4, -0.2) is 52.4 Å².